The number of nitrogens with zero attached hydrogens (tertiary/aromatic N) is 1. The molecule has 186 valence electrons. The molecule has 1 amide bonds. The van der Waals surface area contributed by atoms with E-state index < -0.39 is 23.3 Å². The van der Waals surface area contributed by atoms with Crippen molar-refractivity contribution < 1.29 is 28.6 Å². The molecule has 0 saturated heterocycles. The highest BCUT2D eigenvalue weighted by atomic mass is 32.1. The van der Waals surface area contributed by atoms with Crippen molar-refractivity contribution >= 4 is 33.4 Å². The lowest BCUT2D eigenvalue weighted by Crippen LogP contribution is -2.27. The summed E-state index contributed by atoms with van der Waals surface area (Å²) in [6, 6.07) is 4.27. The molecule has 0 spiro atoms. The summed E-state index contributed by atoms with van der Waals surface area (Å²) in [5.41, 5.74) is 0.904. The number of fused-ring (bicyclic) bond motifs is 1. The van der Waals surface area contributed by atoms with E-state index in [1.807, 2.05) is 0 Å². The number of carbonyl (C=O) groups excluding carboxylic acids is 1. The third-order valence-electron chi connectivity index (χ3n) is 6.21. The van der Waals surface area contributed by atoms with Gasteiger partial charge in [0.1, 0.15) is 4.83 Å². The molecule has 2 aromatic heterocycles. The van der Waals surface area contributed by atoms with Crippen molar-refractivity contribution in [2.45, 2.75) is 38.8 Å². The monoisotopic (exact) mass is 503 g/mol. The molecule has 3 N–H and O–H groups in total. The Kier molecular flexibility index (Phi) is 7.76. The van der Waals surface area contributed by atoms with E-state index in [0.717, 1.165) is 12.8 Å². The average molecular weight is 504 g/mol. The Labute approximate surface area is 204 Å². The predicted octanol–water partition coefficient (Wildman–Crippen LogP) is 3.47. The highest BCUT2D eigenvalue weighted by Gasteiger charge is 2.26. The van der Waals surface area contributed by atoms with Crippen molar-refractivity contribution in [2.24, 2.45) is 11.8 Å². The van der Waals surface area contributed by atoms with E-state index >= 15 is 0 Å². The second kappa shape index (κ2) is 11.0. The van der Waals surface area contributed by atoms with Gasteiger partial charge in [0.25, 0.3) is 11.5 Å². The zero-order valence-corrected chi connectivity index (χ0v) is 20.0. The first kappa shape index (κ1) is 24.8. The Morgan fingerprint density at radius 2 is 2.06 bits per heavy atom. The molecule has 3 aromatic rings. The number of aromatic nitrogens is 2. The Hall–Kier alpha value is -3.31. The average Bonchev–Trinajstić information content (AvgIpc) is 3.27. The topological polar surface area (TPSA) is 131 Å². The summed E-state index contributed by atoms with van der Waals surface area (Å²) in [5.74, 6) is -1.78. The number of thiophene rings is 1. The van der Waals surface area contributed by atoms with Crippen LogP contribution in [0.1, 0.15) is 47.4 Å². The van der Waals surface area contributed by atoms with Crippen LogP contribution in [0.25, 0.3) is 10.2 Å². The first-order valence-electron chi connectivity index (χ1n) is 11.3. The Morgan fingerprint density at radius 1 is 1.29 bits per heavy atom. The second-order valence-corrected chi connectivity index (χ2v) is 9.44. The van der Waals surface area contributed by atoms with Crippen LogP contribution in [0.5, 0.6) is 5.75 Å². The summed E-state index contributed by atoms with van der Waals surface area (Å²) in [4.78, 5) is 43.6. The van der Waals surface area contributed by atoms with Gasteiger partial charge < -0.3 is 24.9 Å². The van der Waals surface area contributed by atoms with Crippen LogP contribution in [0.3, 0.4) is 0 Å². The maximum absolute atomic E-state index is 13.6. The van der Waals surface area contributed by atoms with Crippen LogP contribution in [-0.4, -0.2) is 40.7 Å². The molecule has 0 unspecified atom stereocenters. The summed E-state index contributed by atoms with van der Waals surface area (Å²) < 4.78 is 24.3. The second-order valence-electron chi connectivity index (χ2n) is 8.58. The molecule has 35 heavy (non-hydrogen) atoms. The SMILES string of the molecule is COc1cc(CNC(=O)c2nc3scc(COC[C@H]4CC[C@H](C(=O)O)CC4)c3c(=O)[nH]2)ccc1F. The number of methoxy groups -OCH3 is 1. The van der Waals surface area contributed by atoms with Gasteiger partial charge in [0.05, 0.1) is 25.0 Å². The third kappa shape index (κ3) is 5.85. The Balaban J connectivity index is 1.35. The summed E-state index contributed by atoms with van der Waals surface area (Å²) in [6.07, 6.45) is 2.95. The van der Waals surface area contributed by atoms with E-state index in [0.29, 0.717) is 46.7 Å². The molecular weight excluding hydrogens is 477 g/mol. The fourth-order valence-corrected chi connectivity index (χ4v) is 5.14. The lowest BCUT2D eigenvalue weighted by atomic mass is 9.82. The van der Waals surface area contributed by atoms with E-state index in [4.69, 9.17) is 14.6 Å². The molecule has 1 saturated carbocycles. The smallest absolute Gasteiger partial charge is 0.306 e. The fraction of sp³-hybridized carbons (Fsp3) is 0.417. The lowest BCUT2D eigenvalue weighted by molar-refractivity contribution is -0.143. The highest BCUT2D eigenvalue weighted by Crippen LogP contribution is 2.30. The van der Waals surface area contributed by atoms with Gasteiger partial charge in [0, 0.05) is 18.7 Å². The number of hydrogen-bond donors (Lipinski definition) is 3. The first-order chi connectivity index (χ1) is 16.9. The van der Waals surface area contributed by atoms with Crippen LogP contribution in [0, 0.1) is 17.7 Å². The van der Waals surface area contributed by atoms with Gasteiger partial charge in [-0.1, -0.05) is 6.07 Å². The number of H-pyrrole nitrogens is 1. The van der Waals surface area contributed by atoms with Gasteiger partial charge in [-0.3, -0.25) is 14.4 Å². The van der Waals surface area contributed by atoms with Crippen molar-refractivity contribution in [1.82, 2.24) is 15.3 Å². The van der Waals surface area contributed by atoms with Crippen LogP contribution >= 0.6 is 11.3 Å². The van der Waals surface area contributed by atoms with Crippen LogP contribution in [-0.2, 0) is 22.7 Å². The molecule has 9 nitrogen and oxygen atoms in total. The number of hydrogen-bond acceptors (Lipinski definition) is 7. The van der Waals surface area contributed by atoms with Crippen molar-refractivity contribution in [3.8, 4) is 5.75 Å². The molecule has 0 atom stereocenters. The molecule has 2 heterocycles. The normalized spacial score (nSPS) is 17.9. The number of carboxylic acids is 1. The van der Waals surface area contributed by atoms with Crippen molar-refractivity contribution in [3.63, 3.8) is 0 Å². The standard InChI is InChI=1S/C24H26FN3O6S/c1-33-18-8-14(4-7-17(18)25)9-26-22(30)20-27-21(29)19-16(12-35-23(19)28-20)11-34-10-13-2-5-15(6-3-13)24(31)32/h4,7-8,12-13,15H,2-3,5-6,9-11H2,1H3,(H,26,30)(H,31,32)(H,27,28,29)/t13-,15-. The molecule has 1 aromatic carbocycles. The van der Waals surface area contributed by atoms with E-state index in [9.17, 15) is 18.8 Å². The van der Waals surface area contributed by atoms with E-state index in [2.05, 4.69) is 15.3 Å². The van der Waals surface area contributed by atoms with Gasteiger partial charge in [-0.15, -0.1) is 11.3 Å². The van der Waals surface area contributed by atoms with Crippen LogP contribution in [0.15, 0.2) is 28.4 Å². The minimum absolute atomic E-state index is 0.0750. The molecule has 1 aliphatic carbocycles. The number of aromatic amines is 1. The molecule has 4 rings (SSSR count). The van der Waals surface area contributed by atoms with Gasteiger partial charge >= 0.3 is 5.97 Å². The van der Waals surface area contributed by atoms with Gasteiger partial charge in [0.15, 0.2) is 11.6 Å². The number of benzene rings is 1. The van der Waals surface area contributed by atoms with Gasteiger partial charge in [-0.25, -0.2) is 9.37 Å². The predicted molar refractivity (Wildman–Crippen MR) is 127 cm³/mol. The summed E-state index contributed by atoms with van der Waals surface area (Å²) in [7, 11) is 1.36. The minimum Gasteiger partial charge on any atom is -0.494 e. The maximum Gasteiger partial charge on any atom is 0.306 e. The Morgan fingerprint density at radius 3 is 2.77 bits per heavy atom. The number of carboxylic acid groups (broad SMARTS) is 1. The zero-order chi connectivity index (χ0) is 24.9. The minimum atomic E-state index is -0.732. The quantitative estimate of drug-likeness (QED) is 0.408. The third-order valence-corrected chi connectivity index (χ3v) is 7.13. The number of rotatable bonds is 9. The molecule has 0 aliphatic heterocycles. The summed E-state index contributed by atoms with van der Waals surface area (Å²) in [5, 5.41) is 14.0. The fourth-order valence-electron chi connectivity index (χ4n) is 4.21. The largest absolute Gasteiger partial charge is 0.494 e. The van der Waals surface area contributed by atoms with E-state index in [1.54, 1.807) is 5.38 Å². The first-order valence-corrected chi connectivity index (χ1v) is 12.1. The van der Waals surface area contributed by atoms with Crippen LogP contribution in [0.2, 0.25) is 0 Å². The summed E-state index contributed by atoms with van der Waals surface area (Å²) in [6.45, 7) is 0.848. The number of carbonyl (C=O) groups is 2. The van der Waals surface area contributed by atoms with E-state index in [-0.39, 0.29) is 30.6 Å². The van der Waals surface area contributed by atoms with Gasteiger partial charge in [-0.05, 0) is 54.7 Å². The molecule has 11 heteroatoms. The van der Waals surface area contributed by atoms with E-state index in [1.165, 1.54) is 36.6 Å². The molecule has 0 radical (unpaired) electrons. The maximum atomic E-state index is 13.6. The molecule has 1 aliphatic rings. The van der Waals surface area contributed by atoms with Gasteiger partial charge in [-0.2, -0.15) is 0 Å². The molecular formula is C24H26FN3O6S. The van der Waals surface area contributed by atoms with Crippen LogP contribution in [0.4, 0.5) is 4.39 Å². The lowest BCUT2D eigenvalue weighted by Gasteiger charge is -2.25. The number of amides is 1. The number of aliphatic carboxylic acids is 1. The summed E-state index contributed by atoms with van der Waals surface area (Å²) >= 11 is 1.26. The number of halogens is 1. The molecule has 0 bridgehead atoms. The van der Waals surface area contributed by atoms with Crippen molar-refractivity contribution in [1.29, 1.82) is 0 Å². The highest BCUT2D eigenvalue weighted by molar-refractivity contribution is 7.16. The number of nitrogens with one attached hydrogen (secondary N) is 2. The van der Waals surface area contributed by atoms with Crippen LogP contribution < -0.4 is 15.6 Å². The zero-order valence-electron chi connectivity index (χ0n) is 19.1. The number of ether oxygens (including phenoxy) is 2. The molecule has 1 fully saturated rings. The van der Waals surface area contributed by atoms with Crippen molar-refractivity contribution in [3.05, 3.63) is 56.7 Å². The van der Waals surface area contributed by atoms with Crippen molar-refractivity contribution in [2.75, 3.05) is 13.7 Å². The van der Waals surface area contributed by atoms with Gasteiger partial charge in [0.2, 0.25) is 5.82 Å². The Bertz CT molecular complexity index is 1280.